The Morgan fingerprint density at radius 1 is 0.952 bits per heavy atom. The van der Waals surface area contributed by atoms with Crippen LogP contribution in [0.4, 0.5) is 0 Å². The summed E-state index contributed by atoms with van der Waals surface area (Å²) in [4.78, 5) is 0. The van der Waals surface area contributed by atoms with Crippen molar-refractivity contribution in [3.05, 3.63) is 60.2 Å². The number of benzene rings is 2. The maximum Gasteiger partial charge on any atom is 0.119 e. The lowest BCUT2D eigenvalue weighted by molar-refractivity contribution is -0.0227. The van der Waals surface area contributed by atoms with Gasteiger partial charge in [-0.1, -0.05) is 30.3 Å². The summed E-state index contributed by atoms with van der Waals surface area (Å²) < 4.78 is 16.3. The Balaban J connectivity index is 1.79. The first-order chi connectivity index (χ1) is 10.3. The highest BCUT2D eigenvalue weighted by molar-refractivity contribution is 5.31. The minimum atomic E-state index is -0.354. The normalized spacial score (nSPS) is 11.9. The van der Waals surface area contributed by atoms with Gasteiger partial charge in [-0.3, -0.25) is 0 Å². The van der Waals surface area contributed by atoms with E-state index in [1.54, 1.807) is 7.11 Å². The molecule has 0 radical (unpaired) electrons. The van der Waals surface area contributed by atoms with Crippen molar-refractivity contribution in [2.24, 2.45) is 0 Å². The van der Waals surface area contributed by atoms with Crippen molar-refractivity contribution >= 4 is 0 Å². The third kappa shape index (κ3) is 5.10. The largest absolute Gasteiger partial charge is 0.497 e. The van der Waals surface area contributed by atoms with Gasteiger partial charge in [-0.2, -0.15) is 0 Å². The van der Waals surface area contributed by atoms with Gasteiger partial charge in [0, 0.05) is 0 Å². The second-order valence-electron chi connectivity index (χ2n) is 4.59. The van der Waals surface area contributed by atoms with Crippen LogP contribution in [0.5, 0.6) is 11.5 Å². The van der Waals surface area contributed by atoms with Crippen molar-refractivity contribution in [2.75, 3.05) is 20.3 Å². The zero-order valence-electron chi connectivity index (χ0n) is 12.1. The molecule has 0 amide bonds. The predicted molar refractivity (Wildman–Crippen MR) is 80.6 cm³/mol. The maximum absolute atomic E-state index is 9.34. The first kappa shape index (κ1) is 15.4. The first-order valence-electron chi connectivity index (χ1n) is 6.85. The minimum absolute atomic E-state index is 0.0804. The molecule has 0 saturated carbocycles. The van der Waals surface area contributed by atoms with E-state index in [4.69, 9.17) is 14.2 Å². The van der Waals surface area contributed by atoms with Crippen LogP contribution < -0.4 is 9.47 Å². The average Bonchev–Trinajstić information content (AvgIpc) is 2.56. The summed E-state index contributed by atoms with van der Waals surface area (Å²) in [7, 11) is 1.62. The van der Waals surface area contributed by atoms with Gasteiger partial charge in [0.15, 0.2) is 0 Å². The van der Waals surface area contributed by atoms with Crippen LogP contribution in [0.15, 0.2) is 54.6 Å². The molecule has 0 saturated heterocycles. The molecule has 0 heterocycles. The molecule has 21 heavy (non-hydrogen) atoms. The molecule has 0 aromatic heterocycles. The molecule has 4 heteroatoms. The van der Waals surface area contributed by atoms with Crippen LogP contribution >= 0.6 is 0 Å². The Morgan fingerprint density at radius 2 is 1.62 bits per heavy atom. The molecule has 1 atom stereocenters. The molecule has 2 rings (SSSR count). The number of rotatable bonds is 8. The molecule has 0 unspecified atom stereocenters. The number of hydrogen-bond acceptors (Lipinski definition) is 4. The van der Waals surface area contributed by atoms with Gasteiger partial charge < -0.3 is 19.3 Å². The van der Waals surface area contributed by atoms with E-state index in [1.807, 2.05) is 54.6 Å². The third-order valence-corrected chi connectivity index (χ3v) is 3.03. The first-order valence-corrected chi connectivity index (χ1v) is 6.85. The summed E-state index contributed by atoms with van der Waals surface area (Å²) in [5.74, 6) is 1.50. The van der Waals surface area contributed by atoms with Gasteiger partial charge in [0.1, 0.15) is 24.2 Å². The SMILES string of the molecule is COc1ccc(OC[C@H](CO)OCc2ccccc2)cc1. The molecule has 4 nitrogen and oxygen atoms in total. The summed E-state index contributed by atoms with van der Waals surface area (Å²) >= 11 is 0. The van der Waals surface area contributed by atoms with Gasteiger partial charge in [-0.05, 0) is 29.8 Å². The number of methoxy groups -OCH3 is 1. The lowest BCUT2D eigenvalue weighted by Crippen LogP contribution is -2.25. The quantitative estimate of drug-likeness (QED) is 0.811. The Morgan fingerprint density at radius 3 is 2.24 bits per heavy atom. The minimum Gasteiger partial charge on any atom is -0.497 e. The fourth-order valence-electron chi connectivity index (χ4n) is 1.80. The number of aliphatic hydroxyl groups excluding tert-OH is 1. The second kappa shape index (κ2) is 8.29. The number of aliphatic hydroxyl groups is 1. The van der Waals surface area contributed by atoms with Crippen LogP contribution in [0, 0.1) is 0 Å². The Bertz CT molecular complexity index is 510. The highest BCUT2D eigenvalue weighted by Crippen LogP contribution is 2.17. The summed E-state index contributed by atoms with van der Waals surface area (Å²) in [6.07, 6.45) is -0.354. The van der Waals surface area contributed by atoms with Gasteiger partial charge in [0.05, 0.1) is 20.3 Å². The molecule has 0 aliphatic carbocycles. The van der Waals surface area contributed by atoms with E-state index in [0.717, 1.165) is 17.1 Å². The summed E-state index contributed by atoms with van der Waals surface area (Å²) in [6.45, 7) is 0.677. The topological polar surface area (TPSA) is 47.9 Å². The Hall–Kier alpha value is -2.04. The molecule has 0 bridgehead atoms. The van der Waals surface area contributed by atoms with E-state index in [9.17, 15) is 5.11 Å². The van der Waals surface area contributed by atoms with Crippen molar-refractivity contribution in [3.63, 3.8) is 0 Å². The van der Waals surface area contributed by atoms with Crippen molar-refractivity contribution < 1.29 is 19.3 Å². The van der Waals surface area contributed by atoms with Gasteiger partial charge in [-0.15, -0.1) is 0 Å². The van der Waals surface area contributed by atoms with E-state index >= 15 is 0 Å². The van der Waals surface area contributed by atoms with Crippen LogP contribution in [0.1, 0.15) is 5.56 Å². The molecule has 2 aromatic rings. The number of ether oxygens (including phenoxy) is 3. The average molecular weight is 288 g/mol. The van der Waals surface area contributed by atoms with Crippen LogP contribution in [-0.2, 0) is 11.3 Å². The van der Waals surface area contributed by atoms with E-state index in [2.05, 4.69) is 0 Å². The third-order valence-electron chi connectivity index (χ3n) is 3.03. The monoisotopic (exact) mass is 288 g/mol. The van der Waals surface area contributed by atoms with Crippen LogP contribution in [-0.4, -0.2) is 31.5 Å². The Labute approximate surface area is 124 Å². The molecule has 112 valence electrons. The molecular formula is C17H20O4. The highest BCUT2D eigenvalue weighted by Gasteiger charge is 2.09. The van der Waals surface area contributed by atoms with Crippen LogP contribution in [0.3, 0.4) is 0 Å². The summed E-state index contributed by atoms with van der Waals surface area (Å²) in [5, 5.41) is 9.34. The zero-order chi connectivity index (χ0) is 14.9. The van der Waals surface area contributed by atoms with Crippen LogP contribution in [0.2, 0.25) is 0 Å². The maximum atomic E-state index is 9.34. The predicted octanol–water partition coefficient (Wildman–Crippen LogP) is 2.65. The van der Waals surface area contributed by atoms with Gasteiger partial charge in [0.25, 0.3) is 0 Å². The number of hydrogen-bond donors (Lipinski definition) is 1. The highest BCUT2D eigenvalue weighted by atomic mass is 16.5. The smallest absolute Gasteiger partial charge is 0.119 e. The molecule has 1 N–H and O–H groups in total. The molecule has 2 aromatic carbocycles. The molecule has 0 aliphatic heterocycles. The van der Waals surface area contributed by atoms with Gasteiger partial charge in [-0.25, -0.2) is 0 Å². The zero-order valence-corrected chi connectivity index (χ0v) is 12.1. The van der Waals surface area contributed by atoms with Crippen molar-refractivity contribution in [2.45, 2.75) is 12.7 Å². The van der Waals surface area contributed by atoms with E-state index in [1.165, 1.54) is 0 Å². The summed E-state index contributed by atoms with van der Waals surface area (Å²) in [6, 6.07) is 17.1. The lowest BCUT2D eigenvalue weighted by atomic mass is 10.2. The molecule has 0 fully saturated rings. The molecule has 0 spiro atoms. The van der Waals surface area contributed by atoms with Gasteiger partial charge in [0.2, 0.25) is 0 Å². The molecule has 0 aliphatic rings. The van der Waals surface area contributed by atoms with Crippen molar-refractivity contribution in [1.82, 2.24) is 0 Å². The second-order valence-corrected chi connectivity index (χ2v) is 4.59. The standard InChI is InChI=1S/C17H20O4/c1-19-15-7-9-16(10-8-15)21-13-17(11-18)20-12-14-5-3-2-4-6-14/h2-10,17-18H,11-13H2,1H3/t17-/m0/s1. The fourth-order valence-corrected chi connectivity index (χ4v) is 1.80. The molecular weight excluding hydrogens is 268 g/mol. The van der Waals surface area contributed by atoms with E-state index in [0.29, 0.717) is 13.2 Å². The Kier molecular flexibility index (Phi) is 6.06. The van der Waals surface area contributed by atoms with Crippen molar-refractivity contribution in [1.29, 1.82) is 0 Å². The van der Waals surface area contributed by atoms with E-state index in [-0.39, 0.29) is 12.7 Å². The van der Waals surface area contributed by atoms with Crippen LogP contribution in [0.25, 0.3) is 0 Å². The van der Waals surface area contributed by atoms with E-state index < -0.39 is 0 Å². The van der Waals surface area contributed by atoms with Crippen molar-refractivity contribution in [3.8, 4) is 11.5 Å². The summed E-state index contributed by atoms with van der Waals surface area (Å²) in [5.41, 5.74) is 1.07. The lowest BCUT2D eigenvalue weighted by Gasteiger charge is -2.16. The fraction of sp³-hybridized carbons (Fsp3) is 0.294. The van der Waals surface area contributed by atoms with Gasteiger partial charge >= 0.3 is 0 Å².